The van der Waals surface area contributed by atoms with E-state index in [1.807, 2.05) is 0 Å². The van der Waals surface area contributed by atoms with Crippen LogP contribution in [0.4, 0.5) is 0 Å². The van der Waals surface area contributed by atoms with Crippen LogP contribution in [0.5, 0.6) is 28.7 Å². The summed E-state index contributed by atoms with van der Waals surface area (Å²) in [5.74, 6) is -4.22. The molecule has 1 fully saturated rings. The van der Waals surface area contributed by atoms with Crippen LogP contribution in [0.3, 0.4) is 0 Å². The Kier molecular flexibility index (Phi) is 7.82. The summed E-state index contributed by atoms with van der Waals surface area (Å²) in [6, 6.07) is 6.11. The van der Waals surface area contributed by atoms with Crippen molar-refractivity contribution in [2.24, 2.45) is 0 Å². The molecule has 1 unspecified atom stereocenters. The molecule has 0 aliphatic carbocycles. The molecular weight excluding hydrogens is 468 g/mol. The number of rotatable bonds is 7. The zero-order valence-corrected chi connectivity index (χ0v) is 18.3. The van der Waals surface area contributed by atoms with Gasteiger partial charge in [-0.15, -0.1) is 0 Å². The van der Waals surface area contributed by atoms with Gasteiger partial charge in [-0.3, -0.25) is 9.59 Å². The van der Waals surface area contributed by atoms with Gasteiger partial charge in [0.15, 0.2) is 28.8 Å². The maximum Gasteiger partial charge on any atom is 0.302 e. The lowest BCUT2D eigenvalue weighted by Gasteiger charge is -2.39. The second kappa shape index (κ2) is 10.6. The quantitative estimate of drug-likeness (QED) is 0.119. The van der Waals surface area contributed by atoms with Crippen LogP contribution in [0.15, 0.2) is 36.4 Å². The molecule has 0 amide bonds. The van der Waals surface area contributed by atoms with Gasteiger partial charge in [-0.25, -0.2) is 0 Å². The Morgan fingerprint density at radius 3 is 2.31 bits per heavy atom. The minimum absolute atomic E-state index is 0.303. The molecule has 12 heteroatoms. The predicted molar refractivity (Wildman–Crippen MR) is 117 cm³/mol. The van der Waals surface area contributed by atoms with E-state index in [2.05, 4.69) is 0 Å². The van der Waals surface area contributed by atoms with Crippen LogP contribution >= 0.6 is 0 Å². The van der Waals surface area contributed by atoms with Crippen LogP contribution in [0.1, 0.15) is 22.8 Å². The highest BCUT2D eigenvalue weighted by molar-refractivity contribution is 6.09. The zero-order valence-electron chi connectivity index (χ0n) is 18.3. The number of carbonyl (C=O) groups is 2. The van der Waals surface area contributed by atoms with Gasteiger partial charge in [0.05, 0.1) is 5.56 Å². The topological polar surface area (TPSA) is 203 Å². The van der Waals surface area contributed by atoms with E-state index in [-0.39, 0.29) is 17.1 Å². The van der Waals surface area contributed by atoms with Gasteiger partial charge in [-0.1, -0.05) is 12.1 Å². The number of hydrogen-bond acceptors (Lipinski definition) is 12. The SMILES string of the molecule is CC(=O)OC[C@@H]1OC(Oc2ccc(C(=O)/C=C/c3ccc(O)c(O)c3)c(O)c2O)[C@@H](O)[C@H](O)[C@H]1O. The van der Waals surface area contributed by atoms with Crippen LogP contribution in [-0.4, -0.2) is 84.8 Å². The van der Waals surface area contributed by atoms with Crippen molar-refractivity contribution in [1.29, 1.82) is 0 Å². The molecule has 1 saturated heterocycles. The Labute approximate surface area is 198 Å². The number of aromatic hydroxyl groups is 4. The summed E-state index contributed by atoms with van der Waals surface area (Å²) in [5, 5.41) is 69.7. The first-order chi connectivity index (χ1) is 16.5. The van der Waals surface area contributed by atoms with Gasteiger partial charge < -0.3 is 50.0 Å². The molecule has 5 atom stereocenters. The molecule has 1 aliphatic rings. The summed E-state index contributed by atoms with van der Waals surface area (Å²) in [6.45, 7) is 0.678. The Bertz CT molecular complexity index is 1130. The molecule has 0 radical (unpaired) electrons. The van der Waals surface area contributed by atoms with Crippen molar-refractivity contribution in [3.05, 3.63) is 47.5 Å². The standard InChI is InChI=1S/C23H24O12/c1-10(24)33-9-17-20(30)21(31)22(32)23(35-17)34-16-7-4-12(18(28)19(16)29)13(25)5-2-11-3-6-14(26)15(27)8-11/h2-8,17,20-23,26-32H,9H2,1H3/b5-2+/t17-,20-,21+,22-,23?/m0/s1. The van der Waals surface area contributed by atoms with E-state index < -0.39 is 66.3 Å². The fourth-order valence-electron chi connectivity index (χ4n) is 3.24. The lowest BCUT2D eigenvalue weighted by Crippen LogP contribution is -2.60. The first kappa shape index (κ1) is 25.8. The third kappa shape index (κ3) is 5.81. The second-order valence-corrected chi connectivity index (χ2v) is 7.69. The number of benzene rings is 2. The normalized spacial score (nSPS) is 24.3. The summed E-state index contributed by atoms with van der Waals surface area (Å²) in [4.78, 5) is 23.5. The molecule has 2 aromatic carbocycles. The minimum atomic E-state index is -1.77. The summed E-state index contributed by atoms with van der Waals surface area (Å²) in [5.41, 5.74) is 0.0761. The van der Waals surface area contributed by atoms with Gasteiger partial charge in [0, 0.05) is 6.92 Å². The van der Waals surface area contributed by atoms with Crippen molar-refractivity contribution in [2.75, 3.05) is 6.61 Å². The van der Waals surface area contributed by atoms with Gasteiger partial charge >= 0.3 is 5.97 Å². The van der Waals surface area contributed by atoms with Crippen molar-refractivity contribution < 1.29 is 59.5 Å². The van der Waals surface area contributed by atoms with E-state index in [0.717, 1.165) is 25.1 Å². The smallest absolute Gasteiger partial charge is 0.302 e. The largest absolute Gasteiger partial charge is 0.504 e. The zero-order chi connectivity index (χ0) is 25.9. The molecular formula is C23H24O12. The Morgan fingerprint density at radius 1 is 0.943 bits per heavy atom. The number of phenols is 4. The predicted octanol–water partition coefficient (Wildman–Crippen LogP) is 0.155. The van der Waals surface area contributed by atoms with Gasteiger partial charge in [0.1, 0.15) is 31.0 Å². The maximum atomic E-state index is 12.5. The number of aliphatic hydroxyl groups excluding tert-OH is 3. The third-order valence-corrected chi connectivity index (χ3v) is 5.17. The van der Waals surface area contributed by atoms with Crippen LogP contribution in [0, 0.1) is 0 Å². The highest BCUT2D eigenvalue weighted by Gasteiger charge is 2.45. The van der Waals surface area contributed by atoms with Crippen molar-refractivity contribution >= 4 is 17.8 Å². The Balaban J connectivity index is 1.76. The molecule has 7 N–H and O–H groups in total. The van der Waals surface area contributed by atoms with Crippen LogP contribution in [0.2, 0.25) is 0 Å². The summed E-state index contributed by atoms with van der Waals surface area (Å²) >= 11 is 0. The molecule has 3 rings (SSSR count). The van der Waals surface area contributed by atoms with Crippen molar-refractivity contribution in [1.82, 2.24) is 0 Å². The van der Waals surface area contributed by atoms with E-state index in [1.165, 1.54) is 24.3 Å². The summed E-state index contributed by atoms with van der Waals surface area (Å²) in [7, 11) is 0. The highest BCUT2D eigenvalue weighted by atomic mass is 16.7. The van der Waals surface area contributed by atoms with Gasteiger partial charge in [-0.2, -0.15) is 0 Å². The third-order valence-electron chi connectivity index (χ3n) is 5.17. The molecule has 0 bridgehead atoms. The molecule has 188 valence electrons. The highest BCUT2D eigenvalue weighted by Crippen LogP contribution is 2.40. The fraction of sp³-hybridized carbons (Fsp3) is 0.304. The molecule has 1 heterocycles. The number of carbonyl (C=O) groups excluding carboxylic acids is 2. The molecule has 1 aliphatic heterocycles. The van der Waals surface area contributed by atoms with Crippen LogP contribution in [0.25, 0.3) is 6.08 Å². The molecule has 0 spiro atoms. The lowest BCUT2D eigenvalue weighted by atomic mass is 9.99. The van der Waals surface area contributed by atoms with Crippen LogP contribution in [-0.2, 0) is 14.3 Å². The fourth-order valence-corrected chi connectivity index (χ4v) is 3.24. The minimum Gasteiger partial charge on any atom is -0.504 e. The number of hydrogen-bond donors (Lipinski definition) is 7. The first-order valence-corrected chi connectivity index (χ1v) is 10.3. The van der Waals surface area contributed by atoms with Gasteiger partial charge in [0.25, 0.3) is 0 Å². The number of ether oxygens (including phenoxy) is 3. The second-order valence-electron chi connectivity index (χ2n) is 7.69. The average Bonchev–Trinajstić information content (AvgIpc) is 2.82. The number of esters is 1. The number of ketones is 1. The van der Waals surface area contributed by atoms with Gasteiger partial charge in [-0.05, 0) is 35.9 Å². The molecule has 35 heavy (non-hydrogen) atoms. The van der Waals surface area contributed by atoms with Crippen LogP contribution < -0.4 is 4.74 Å². The number of allylic oxidation sites excluding steroid dienone is 1. The summed E-state index contributed by atoms with van der Waals surface area (Å²) in [6.07, 6.45) is -5.64. The molecule has 0 saturated carbocycles. The summed E-state index contributed by atoms with van der Waals surface area (Å²) < 4.78 is 15.4. The van der Waals surface area contributed by atoms with Crippen molar-refractivity contribution in [3.63, 3.8) is 0 Å². The van der Waals surface area contributed by atoms with E-state index in [9.17, 15) is 45.3 Å². The maximum absolute atomic E-state index is 12.5. The number of phenolic OH excluding ortho intramolecular Hbond substituents is 4. The van der Waals surface area contributed by atoms with E-state index in [0.29, 0.717) is 5.56 Å². The van der Waals surface area contributed by atoms with E-state index >= 15 is 0 Å². The van der Waals surface area contributed by atoms with Crippen molar-refractivity contribution in [2.45, 2.75) is 37.6 Å². The average molecular weight is 492 g/mol. The van der Waals surface area contributed by atoms with Gasteiger partial charge in [0.2, 0.25) is 12.0 Å². The Hall–Kier alpha value is -3.84. The van der Waals surface area contributed by atoms with E-state index in [1.54, 1.807) is 0 Å². The molecule has 2 aromatic rings. The first-order valence-electron chi connectivity index (χ1n) is 10.3. The number of aliphatic hydroxyl groups is 3. The molecule has 12 nitrogen and oxygen atoms in total. The monoisotopic (exact) mass is 492 g/mol. The van der Waals surface area contributed by atoms with Crippen molar-refractivity contribution in [3.8, 4) is 28.7 Å². The Morgan fingerprint density at radius 2 is 1.66 bits per heavy atom. The van der Waals surface area contributed by atoms with E-state index in [4.69, 9.17) is 14.2 Å². The lowest BCUT2D eigenvalue weighted by molar-refractivity contribution is -0.278. The molecule has 0 aromatic heterocycles.